The maximum Gasteiger partial charge on any atom is 0.328 e. The van der Waals surface area contributed by atoms with Gasteiger partial charge in [0, 0.05) is 6.08 Å². The van der Waals surface area contributed by atoms with Gasteiger partial charge in [-0.25, -0.2) is 4.79 Å². The number of rotatable bonds is 6. The highest BCUT2D eigenvalue weighted by Gasteiger charge is 1.97. The minimum atomic E-state index is -0.914. The van der Waals surface area contributed by atoms with E-state index in [1.54, 1.807) is 12.2 Å². The van der Waals surface area contributed by atoms with Crippen molar-refractivity contribution in [1.29, 1.82) is 0 Å². The van der Waals surface area contributed by atoms with E-state index >= 15 is 0 Å². The highest BCUT2D eigenvalue weighted by molar-refractivity contribution is 5.80. The zero-order valence-corrected chi connectivity index (χ0v) is 9.97. The summed E-state index contributed by atoms with van der Waals surface area (Å²) in [6.45, 7) is 3.79. The van der Waals surface area contributed by atoms with Crippen molar-refractivity contribution in [3.05, 3.63) is 24.3 Å². The van der Waals surface area contributed by atoms with Crippen LogP contribution in [0.1, 0.15) is 33.1 Å². The van der Waals surface area contributed by atoms with Crippen LogP contribution in [0, 0.1) is 0 Å². The van der Waals surface area contributed by atoms with Crippen LogP contribution in [0.25, 0.3) is 0 Å². The summed E-state index contributed by atoms with van der Waals surface area (Å²) in [6, 6.07) is 0. The average Bonchev–Trinajstić information content (AvgIpc) is 2.26. The number of allylic oxidation sites excluding steroid dienone is 3. The summed E-state index contributed by atoms with van der Waals surface area (Å²) in [6.07, 6.45) is 8.30. The van der Waals surface area contributed by atoms with Crippen LogP contribution in [-0.4, -0.2) is 34.0 Å². The summed E-state index contributed by atoms with van der Waals surface area (Å²) in [4.78, 5) is 9.75. The lowest BCUT2D eigenvalue weighted by atomic mass is 10.2. The second kappa shape index (κ2) is 13.9. The van der Waals surface area contributed by atoms with Gasteiger partial charge >= 0.3 is 5.97 Å². The number of carbonyl (C=O) groups is 1. The molecule has 0 heterocycles. The van der Waals surface area contributed by atoms with E-state index in [4.69, 9.17) is 15.3 Å². The maximum absolute atomic E-state index is 9.75. The number of hydrogen-bond acceptors (Lipinski definition) is 3. The molecule has 1 unspecified atom stereocenters. The number of hydrogen-bond donors (Lipinski definition) is 3. The molecule has 0 saturated heterocycles. The monoisotopic (exact) mass is 230 g/mol. The van der Waals surface area contributed by atoms with Gasteiger partial charge in [0.2, 0.25) is 0 Å². The van der Waals surface area contributed by atoms with E-state index in [0.29, 0.717) is 0 Å². The minimum absolute atomic E-state index is 0.0972. The van der Waals surface area contributed by atoms with Gasteiger partial charge in [-0.1, -0.05) is 38.0 Å². The number of aliphatic hydroxyl groups excluding tert-OH is 2. The molecule has 0 aliphatic carbocycles. The number of carboxylic acids is 1. The SMILES string of the molecule is C/C=C/C=C/C(=O)O.CCCCC(O)CO. The molecule has 0 fully saturated rings. The van der Waals surface area contributed by atoms with Gasteiger partial charge in [-0.05, 0) is 13.3 Å². The number of aliphatic hydroxyl groups is 2. The Balaban J connectivity index is 0. The molecule has 0 spiro atoms. The topological polar surface area (TPSA) is 77.8 Å². The summed E-state index contributed by atoms with van der Waals surface area (Å²) >= 11 is 0. The fourth-order valence-electron chi connectivity index (χ4n) is 0.780. The van der Waals surface area contributed by atoms with Gasteiger partial charge in [0.25, 0.3) is 0 Å². The first-order valence-electron chi connectivity index (χ1n) is 5.39. The van der Waals surface area contributed by atoms with Crippen LogP contribution < -0.4 is 0 Å². The van der Waals surface area contributed by atoms with Gasteiger partial charge < -0.3 is 15.3 Å². The summed E-state index contributed by atoms with van der Waals surface area (Å²) in [5.41, 5.74) is 0. The molecule has 0 bridgehead atoms. The van der Waals surface area contributed by atoms with Gasteiger partial charge in [-0.3, -0.25) is 0 Å². The first-order chi connectivity index (χ1) is 7.58. The Kier molecular flexibility index (Phi) is 15.0. The molecule has 4 nitrogen and oxygen atoms in total. The first-order valence-corrected chi connectivity index (χ1v) is 5.39. The largest absolute Gasteiger partial charge is 0.478 e. The van der Waals surface area contributed by atoms with Crippen molar-refractivity contribution >= 4 is 5.97 Å². The molecule has 0 rings (SSSR count). The van der Waals surface area contributed by atoms with Crippen LogP contribution in [0.4, 0.5) is 0 Å². The molecule has 3 N–H and O–H groups in total. The number of aliphatic carboxylic acids is 1. The zero-order chi connectivity index (χ0) is 12.8. The molecule has 0 aliphatic rings. The van der Waals surface area contributed by atoms with E-state index in [2.05, 4.69) is 6.92 Å². The first kappa shape index (κ1) is 17.3. The van der Waals surface area contributed by atoms with E-state index in [9.17, 15) is 4.79 Å². The van der Waals surface area contributed by atoms with Crippen molar-refractivity contribution in [2.75, 3.05) is 6.61 Å². The van der Waals surface area contributed by atoms with E-state index in [1.165, 1.54) is 6.08 Å². The van der Waals surface area contributed by atoms with E-state index in [1.807, 2.05) is 6.92 Å². The molecule has 0 radical (unpaired) electrons. The van der Waals surface area contributed by atoms with E-state index < -0.39 is 12.1 Å². The predicted octanol–water partition coefficient (Wildman–Crippen LogP) is 1.73. The highest BCUT2D eigenvalue weighted by Crippen LogP contribution is 1.97. The van der Waals surface area contributed by atoms with Crippen LogP contribution >= 0.6 is 0 Å². The molecule has 0 aromatic rings. The molecule has 0 aromatic heterocycles. The molecule has 94 valence electrons. The van der Waals surface area contributed by atoms with Crippen molar-refractivity contribution in [3.63, 3.8) is 0 Å². The fourth-order valence-corrected chi connectivity index (χ4v) is 0.780. The molecule has 0 amide bonds. The second-order valence-electron chi connectivity index (χ2n) is 3.20. The van der Waals surface area contributed by atoms with Gasteiger partial charge in [0.1, 0.15) is 0 Å². The molecule has 4 heteroatoms. The average molecular weight is 230 g/mol. The zero-order valence-electron chi connectivity index (χ0n) is 9.97. The standard InChI is InChI=1S/C6H14O2.C6H8O2/c1-2-3-4-6(8)5-7;1-2-3-4-5-6(7)8/h6-8H,2-5H2,1H3;2-5H,1H3,(H,7,8)/b;3-2+,5-4+. The molecular weight excluding hydrogens is 208 g/mol. The molecule has 16 heavy (non-hydrogen) atoms. The van der Waals surface area contributed by atoms with Crippen molar-refractivity contribution in [2.45, 2.75) is 39.2 Å². The third-order valence-electron chi connectivity index (χ3n) is 1.64. The third-order valence-corrected chi connectivity index (χ3v) is 1.64. The van der Waals surface area contributed by atoms with Crippen LogP contribution in [0.5, 0.6) is 0 Å². The second-order valence-corrected chi connectivity index (χ2v) is 3.20. The highest BCUT2D eigenvalue weighted by atomic mass is 16.4. The number of carboxylic acid groups (broad SMARTS) is 1. The molecule has 1 atom stereocenters. The van der Waals surface area contributed by atoms with E-state index in [-0.39, 0.29) is 6.61 Å². The van der Waals surface area contributed by atoms with E-state index in [0.717, 1.165) is 25.3 Å². The summed E-state index contributed by atoms with van der Waals surface area (Å²) in [5, 5.41) is 25.1. The normalized spacial score (nSPS) is 12.5. The van der Waals surface area contributed by atoms with Crippen LogP contribution in [0.2, 0.25) is 0 Å². The smallest absolute Gasteiger partial charge is 0.328 e. The van der Waals surface area contributed by atoms with Gasteiger partial charge in [-0.15, -0.1) is 0 Å². The Labute approximate surface area is 96.9 Å². The van der Waals surface area contributed by atoms with Gasteiger partial charge in [0.05, 0.1) is 12.7 Å². The predicted molar refractivity (Wildman–Crippen MR) is 64.2 cm³/mol. The van der Waals surface area contributed by atoms with Gasteiger partial charge in [-0.2, -0.15) is 0 Å². The van der Waals surface area contributed by atoms with Gasteiger partial charge in [0.15, 0.2) is 0 Å². The summed E-state index contributed by atoms with van der Waals surface area (Å²) in [7, 11) is 0. The number of unbranched alkanes of at least 4 members (excludes halogenated alkanes) is 1. The molecular formula is C12H22O4. The fraction of sp³-hybridized carbons (Fsp3) is 0.583. The maximum atomic E-state index is 9.75. The Morgan fingerprint density at radius 1 is 1.38 bits per heavy atom. The molecule has 0 aromatic carbocycles. The summed E-state index contributed by atoms with van der Waals surface area (Å²) < 4.78 is 0. The molecule has 0 saturated carbocycles. The van der Waals surface area contributed by atoms with Crippen molar-refractivity contribution < 1.29 is 20.1 Å². The summed E-state index contributed by atoms with van der Waals surface area (Å²) in [5.74, 6) is -0.914. The quantitative estimate of drug-likeness (QED) is 0.479. The third kappa shape index (κ3) is 18.6. The van der Waals surface area contributed by atoms with Crippen molar-refractivity contribution in [2.24, 2.45) is 0 Å². The van der Waals surface area contributed by atoms with Crippen molar-refractivity contribution in [1.82, 2.24) is 0 Å². The Morgan fingerprint density at radius 2 is 2.00 bits per heavy atom. The Morgan fingerprint density at radius 3 is 2.38 bits per heavy atom. The van der Waals surface area contributed by atoms with Crippen molar-refractivity contribution in [3.8, 4) is 0 Å². The van der Waals surface area contributed by atoms with Crippen LogP contribution in [-0.2, 0) is 4.79 Å². The minimum Gasteiger partial charge on any atom is -0.478 e. The lowest BCUT2D eigenvalue weighted by Gasteiger charge is -2.02. The Hall–Kier alpha value is -1.13. The van der Waals surface area contributed by atoms with Crippen LogP contribution in [0.3, 0.4) is 0 Å². The lowest BCUT2D eigenvalue weighted by molar-refractivity contribution is -0.131. The Bertz CT molecular complexity index is 209. The molecule has 0 aliphatic heterocycles. The van der Waals surface area contributed by atoms with Crippen LogP contribution in [0.15, 0.2) is 24.3 Å². The lowest BCUT2D eigenvalue weighted by Crippen LogP contribution is -2.10.